The van der Waals surface area contributed by atoms with Crippen molar-refractivity contribution in [2.75, 3.05) is 39.1 Å². The molecular formula is C117H197N7V3. The van der Waals surface area contributed by atoms with Gasteiger partial charge in [-0.25, -0.2) is 0 Å². The van der Waals surface area contributed by atoms with E-state index in [4.69, 9.17) is 0 Å². The van der Waals surface area contributed by atoms with Crippen molar-refractivity contribution in [2.45, 2.75) is 381 Å². The zero-order valence-electron chi connectivity index (χ0n) is 88.9. The minimum atomic E-state index is 0. The van der Waals surface area contributed by atoms with Crippen molar-refractivity contribution in [3.63, 3.8) is 0 Å². The Morgan fingerprint density at radius 1 is 0.291 bits per heavy atom. The van der Waals surface area contributed by atoms with E-state index < -0.39 is 0 Å². The van der Waals surface area contributed by atoms with E-state index in [1.807, 2.05) is 212 Å². The van der Waals surface area contributed by atoms with E-state index in [0.29, 0.717) is 0 Å². The largest absolute Gasteiger partial charge is 0 e. The van der Waals surface area contributed by atoms with Crippen molar-refractivity contribution in [3.05, 3.63) is 265 Å². The zero-order chi connectivity index (χ0) is 97.2. The van der Waals surface area contributed by atoms with Gasteiger partial charge < -0.3 is 4.90 Å². The van der Waals surface area contributed by atoms with E-state index in [-0.39, 0.29) is 33.4 Å². The number of likely N-dealkylation sites (N-methyl/N-ethyl adjacent to an activating group) is 2. The number of anilines is 1. The third-order valence-electron chi connectivity index (χ3n) is 18.9. The molecule has 7 heterocycles. The van der Waals surface area contributed by atoms with Crippen LogP contribution in [0.1, 0.15) is 388 Å². The average Bonchev–Trinajstić information content (AvgIpc) is 1.70. The van der Waals surface area contributed by atoms with Gasteiger partial charge in [-0.3, -0.25) is 20.0 Å². The van der Waals surface area contributed by atoms with Gasteiger partial charge in [0.05, 0.1) is 11.4 Å². The smallest absolute Gasteiger partial charge is 0 e. The van der Waals surface area contributed by atoms with Gasteiger partial charge in [0, 0.05) is 78.5 Å². The van der Waals surface area contributed by atoms with Crippen molar-refractivity contribution in [3.8, 4) is 0 Å². The summed E-state index contributed by atoms with van der Waals surface area (Å²) in [6.07, 6.45) is 21.6. The maximum Gasteiger partial charge on any atom is 0 e. The van der Waals surface area contributed by atoms with Crippen LogP contribution in [0.25, 0.3) is 11.8 Å². The molecule has 0 aliphatic carbocycles. The second-order valence-corrected chi connectivity index (χ2v) is 28.8. The van der Waals surface area contributed by atoms with Gasteiger partial charge in [-0.1, -0.05) is 323 Å². The maximum atomic E-state index is 4.62. The first kappa shape index (κ1) is 141. The Kier molecular flexibility index (Phi) is 99.2. The number of allylic oxidation sites excluding steroid dienone is 2. The summed E-state index contributed by atoms with van der Waals surface area (Å²) in [7, 11) is 6.24. The van der Waals surface area contributed by atoms with E-state index in [2.05, 4.69) is 307 Å². The summed E-state index contributed by atoms with van der Waals surface area (Å²) in [5.41, 5.74) is 36.3. The Morgan fingerprint density at radius 3 is 1.17 bits per heavy atom. The van der Waals surface area contributed by atoms with Gasteiger partial charge in [0.15, 0.2) is 0 Å². The summed E-state index contributed by atoms with van der Waals surface area (Å²) >= 11 is 5.36. The van der Waals surface area contributed by atoms with E-state index in [1.54, 1.807) is 0 Å². The molecule has 0 amide bonds. The molecule has 127 heavy (non-hydrogen) atoms. The van der Waals surface area contributed by atoms with Crippen LogP contribution in [0, 0.1) is 48.5 Å². The number of aryl methyl sites for hydroxylation is 12. The van der Waals surface area contributed by atoms with Crippen molar-refractivity contribution >= 4 is 60.4 Å². The number of nitrogens with zero attached hydrogens (tertiary/aromatic N) is 7. The molecule has 0 fully saturated rings. The zero-order valence-corrected chi connectivity index (χ0v) is 93.1. The molecule has 0 saturated carbocycles. The van der Waals surface area contributed by atoms with E-state index in [1.165, 1.54) is 225 Å². The number of fused-ring (bicyclic) bond motifs is 7. The Balaban J connectivity index is -0.000000149. The molecule has 0 saturated heterocycles. The third kappa shape index (κ3) is 54.5. The SMILES string of the molecule is C.C.C=C1C=Cc2cc(C)ccc2C(=C)N1C.C=C1Cc2cc(C)ccc2C[C](=[V])N1C.CC.CC.CC.CC.CC.CC.CC.CC.CC.CC.CC.CC.CC.CC.CC1=NCCCc2cc(C)ccc21.CC1=NCCCc2ccc(C)cc21.CC1=Nc2cc(C)ccc2CCC1.CC1=Nc2ccc(C)cc2CCC1.Cc1ccc2c(c1)CCC[C](=[V])N2C.[V]. The summed E-state index contributed by atoms with van der Waals surface area (Å²) in [6, 6.07) is 46.3. The van der Waals surface area contributed by atoms with Crippen molar-refractivity contribution < 1.29 is 52.5 Å². The van der Waals surface area contributed by atoms with Crippen LogP contribution in [0.5, 0.6) is 0 Å². The summed E-state index contributed by atoms with van der Waals surface area (Å²) in [4.78, 5) is 24.8. The quantitative estimate of drug-likeness (QED) is 0.152. The first-order valence-electron chi connectivity index (χ1n) is 48.7. The molecule has 7 nitrogen and oxygen atoms in total. The molecule has 0 aromatic heterocycles. The fourth-order valence-electron chi connectivity index (χ4n) is 13.0. The van der Waals surface area contributed by atoms with Gasteiger partial charge in [-0.15, -0.1) is 0 Å². The van der Waals surface area contributed by atoms with Gasteiger partial charge in [0.2, 0.25) is 0 Å². The fourth-order valence-corrected chi connectivity index (χ4v) is 13.9. The average molecular weight is 1850 g/mol. The summed E-state index contributed by atoms with van der Waals surface area (Å²) in [6.45, 7) is 93.6. The van der Waals surface area contributed by atoms with E-state index in [9.17, 15) is 0 Å². The van der Waals surface area contributed by atoms with Crippen LogP contribution >= 0.6 is 0 Å². The Hall–Kier alpha value is -6.93. The number of benzene rings is 7. The molecule has 715 valence electrons. The molecule has 7 aromatic carbocycles. The van der Waals surface area contributed by atoms with Crippen LogP contribution in [-0.4, -0.2) is 75.6 Å². The first-order valence-corrected chi connectivity index (χ1v) is 50.1. The molecule has 14 rings (SSSR count). The molecule has 0 atom stereocenters. The summed E-state index contributed by atoms with van der Waals surface area (Å²) in [5, 5.41) is 0. The van der Waals surface area contributed by atoms with E-state index in [0.717, 1.165) is 50.2 Å². The molecule has 7 aliphatic heterocycles. The van der Waals surface area contributed by atoms with Gasteiger partial charge in [0.25, 0.3) is 0 Å². The Bertz CT molecular complexity index is 4180. The molecule has 0 spiro atoms. The van der Waals surface area contributed by atoms with Crippen molar-refractivity contribution in [2.24, 2.45) is 20.0 Å². The molecule has 0 unspecified atom stereocenters. The molecule has 7 aromatic rings. The van der Waals surface area contributed by atoms with Crippen LogP contribution in [0.15, 0.2) is 185 Å². The first-order chi connectivity index (χ1) is 59.9. The van der Waals surface area contributed by atoms with Gasteiger partial charge >= 0.3 is 195 Å². The second-order valence-electron chi connectivity index (χ2n) is 27.2. The van der Waals surface area contributed by atoms with Crippen molar-refractivity contribution in [1.82, 2.24) is 9.80 Å². The van der Waals surface area contributed by atoms with Crippen LogP contribution in [0.4, 0.5) is 17.1 Å². The maximum absolute atomic E-state index is 4.62. The number of hydrogen-bond acceptors (Lipinski definition) is 7. The summed E-state index contributed by atoms with van der Waals surface area (Å²) in [5.74, 6) is 0. The topological polar surface area (TPSA) is 59.2 Å². The minimum absolute atomic E-state index is 0. The molecule has 1 radical (unpaired) electrons. The van der Waals surface area contributed by atoms with E-state index >= 15 is 0 Å². The molecule has 0 N–H and O–H groups in total. The van der Waals surface area contributed by atoms with Crippen LogP contribution in [0.2, 0.25) is 0 Å². The van der Waals surface area contributed by atoms with Crippen LogP contribution in [-0.2, 0) is 97.5 Å². The summed E-state index contributed by atoms with van der Waals surface area (Å²) < 4.78 is 2.73. The van der Waals surface area contributed by atoms with Crippen LogP contribution < -0.4 is 4.90 Å². The monoisotopic (exact) mass is 1850 g/mol. The standard InChI is InChI=1S/C14H15N.C13H15N.5C12H15N.14C2H6.2CH4.3V/c1-10-5-8-14-12(3)15(4)11(2)6-7-13(14)9-10;1-10-4-5-12-6-7-14(3)11(2)9-13(12)8-10;1-9-5-6-12-10(2)13-7-3-4-11(12)8-9;1-9-5-6-11-4-3-7-13-10(2)12(11)8-9;1-9-6-7-12-11(8-9)5-3-4-10(2)13-12;1-9-6-7-11-5-3-4-10(2)13-12(11)8-9;1-10-6-7-12-11(9-10)5-3-4-8-13(12)2;14*1-2;;;;;/h5-9H,2-3H2,1,4H3;4-5,8H,2,6,9H2,1,3H3;2*5-6,8H,3-4,7H2,1-2H3;2*6-8H,3-5H2,1-2H3;6-7,9H,3-5H2,1-2H3;14*1-2H3;2*1H4;;;. The fraction of sp³-hybridized carbons (Fsp3) is 0.521. The second kappa shape index (κ2) is 89.7. The van der Waals surface area contributed by atoms with Gasteiger partial charge in [-0.2, -0.15) is 0 Å². The molecule has 7 aliphatic rings. The molecule has 0 bridgehead atoms. The third-order valence-corrected chi connectivity index (χ3v) is 20.4. The van der Waals surface area contributed by atoms with Gasteiger partial charge in [0.1, 0.15) is 0 Å². The molecular weight excluding hydrogens is 1660 g/mol. The molecule has 10 heteroatoms. The van der Waals surface area contributed by atoms with Crippen LogP contribution in [0.3, 0.4) is 0 Å². The number of rotatable bonds is 0. The predicted octanol–water partition coefficient (Wildman–Crippen LogP) is 36.1. The normalized spacial score (nSPS) is 12.7. The Morgan fingerprint density at radius 2 is 0.654 bits per heavy atom. The number of aliphatic imine (C=N–C) groups is 4. The minimum Gasteiger partial charge on any atom is 0 e. The number of hydrogen-bond donors (Lipinski definition) is 0. The Labute approximate surface area is 821 Å². The van der Waals surface area contributed by atoms with Crippen molar-refractivity contribution in [1.29, 1.82) is 0 Å². The van der Waals surface area contributed by atoms with Gasteiger partial charge in [-0.05, 0) is 195 Å². The predicted molar refractivity (Wildman–Crippen MR) is 583 cm³/mol.